The number of carbonyl (C=O) groups is 1. The Bertz CT molecular complexity index is 909. The normalized spacial score (nSPS) is 16.2. The lowest BCUT2D eigenvalue weighted by molar-refractivity contribution is -0.131. The molecule has 5 nitrogen and oxygen atoms in total. The average Bonchev–Trinajstić information content (AvgIpc) is 2.68. The topological polar surface area (TPSA) is 57.7 Å². The molecule has 1 saturated heterocycles. The lowest BCUT2D eigenvalue weighted by Crippen LogP contribution is -2.50. The second kappa shape index (κ2) is 8.05. The van der Waals surface area contributed by atoms with Crippen molar-refractivity contribution in [3.05, 3.63) is 65.7 Å². The average molecular weight is 401 g/mol. The molecule has 1 amide bonds. The lowest BCUT2D eigenvalue weighted by atomic mass is 9.87. The van der Waals surface area contributed by atoms with E-state index in [4.69, 9.17) is 0 Å². The molecule has 1 aliphatic heterocycles. The Labute approximate surface area is 168 Å². The van der Waals surface area contributed by atoms with Gasteiger partial charge in [-0.3, -0.25) is 4.79 Å². The van der Waals surface area contributed by atoms with Crippen molar-refractivity contribution < 1.29 is 13.2 Å². The van der Waals surface area contributed by atoms with E-state index < -0.39 is 10.0 Å². The monoisotopic (exact) mass is 400 g/mol. The van der Waals surface area contributed by atoms with Gasteiger partial charge in [-0.15, -0.1) is 0 Å². The molecule has 0 radical (unpaired) electrons. The van der Waals surface area contributed by atoms with Crippen molar-refractivity contribution in [1.29, 1.82) is 0 Å². The van der Waals surface area contributed by atoms with Crippen molar-refractivity contribution in [2.75, 3.05) is 26.2 Å². The number of piperazine rings is 1. The number of sulfonamides is 1. The van der Waals surface area contributed by atoms with Gasteiger partial charge < -0.3 is 4.90 Å². The summed E-state index contributed by atoms with van der Waals surface area (Å²) >= 11 is 0. The van der Waals surface area contributed by atoms with E-state index in [-0.39, 0.29) is 11.3 Å². The summed E-state index contributed by atoms with van der Waals surface area (Å²) in [6, 6.07) is 16.7. The van der Waals surface area contributed by atoms with E-state index >= 15 is 0 Å². The van der Waals surface area contributed by atoms with Crippen LogP contribution in [0.1, 0.15) is 31.9 Å². The van der Waals surface area contributed by atoms with Crippen molar-refractivity contribution in [3.8, 4) is 0 Å². The van der Waals surface area contributed by atoms with E-state index in [1.165, 1.54) is 4.31 Å². The van der Waals surface area contributed by atoms with Gasteiger partial charge in [0.1, 0.15) is 0 Å². The number of carbonyl (C=O) groups excluding carboxylic acids is 1. The SMILES string of the molecule is CC(C)(C)c1ccc(S(=O)(=O)N2CCN(C(=O)Cc3ccccc3)CC2)cc1. The minimum atomic E-state index is -3.54. The zero-order chi connectivity index (χ0) is 20.4. The molecule has 0 saturated carbocycles. The summed E-state index contributed by atoms with van der Waals surface area (Å²) in [6.45, 7) is 7.79. The van der Waals surface area contributed by atoms with Gasteiger partial charge in [-0.2, -0.15) is 4.31 Å². The van der Waals surface area contributed by atoms with Crippen LogP contribution in [-0.4, -0.2) is 49.7 Å². The maximum Gasteiger partial charge on any atom is 0.243 e. The summed E-state index contributed by atoms with van der Waals surface area (Å²) in [4.78, 5) is 14.5. The Hall–Kier alpha value is -2.18. The first-order chi connectivity index (χ1) is 13.2. The van der Waals surface area contributed by atoms with Gasteiger partial charge in [0, 0.05) is 26.2 Å². The molecular weight excluding hydrogens is 372 g/mol. The standard InChI is InChI=1S/C22H28N2O3S/c1-22(2,3)19-9-11-20(12-10-19)28(26,27)24-15-13-23(14-16-24)21(25)17-18-7-5-4-6-8-18/h4-12H,13-17H2,1-3H3. The van der Waals surface area contributed by atoms with Crippen molar-refractivity contribution in [2.24, 2.45) is 0 Å². The quantitative estimate of drug-likeness (QED) is 0.793. The molecule has 28 heavy (non-hydrogen) atoms. The fourth-order valence-electron chi connectivity index (χ4n) is 3.34. The highest BCUT2D eigenvalue weighted by Gasteiger charge is 2.30. The van der Waals surface area contributed by atoms with Crippen LogP contribution in [0.4, 0.5) is 0 Å². The molecule has 0 aliphatic carbocycles. The molecule has 1 aliphatic rings. The van der Waals surface area contributed by atoms with Crippen molar-refractivity contribution in [3.63, 3.8) is 0 Å². The van der Waals surface area contributed by atoms with Gasteiger partial charge >= 0.3 is 0 Å². The maximum atomic E-state index is 12.9. The molecule has 0 aromatic heterocycles. The predicted molar refractivity (Wildman–Crippen MR) is 111 cm³/mol. The first kappa shape index (κ1) is 20.6. The summed E-state index contributed by atoms with van der Waals surface area (Å²) in [5, 5.41) is 0. The van der Waals surface area contributed by atoms with Gasteiger partial charge in [-0.1, -0.05) is 63.2 Å². The predicted octanol–water partition coefficient (Wildman–Crippen LogP) is 3.06. The minimum absolute atomic E-state index is 0.0208. The van der Waals surface area contributed by atoms with Crippen LogP contribution in [0, 0.1) is 0 Å². The number of rotatable bonds is 4. The van der Waals surface area contributed by atoms with E-state index in [0.717, 1.165) is 11.1 Å². The molecule has 0 bridgehead atoms. The zero-order valence-electron chi connectivity index (χ0n) is 16.8. The molecule has 150 valence electrons. The molecule has 1 fully saturated rings. The Morgan fingerprint density at radius 3 is 2.00 bits per heavy atom. The molecule has 3 rings (SSSR count). The Morgan fingerprint density at radius 1 is 0.893 bits per heavy atom. The first-order valence-corrected chi connectivity index (χ1v) is 11.0. The van der Waals surface area contributed by atoms with Crippen LogP contribution in [0.15, 0.2) is 59.5 Å². The second-order valence-electron chi connectivity index (χ2n) is 8.22. The number of nitrogens with zero attached hydrogens (tertiary/aromatic N) is 2. The van der Waals surface area contributed by atoms with Gasteiger partial charge in [0.15, 0.2) is 0 Å². The van der Waals surface area contributed by atoms with E-state index in [9.17, 15) is 13.2 Å². The van der Waals surface area contributed by atoms with E-state index in [1.54, 1.807) is 17.0 Å². The van der Waals surface area contributed by atoms with E-state index in [2.05, 4.69) is 20.8 Å². The van der Waals surface area contributed by atoms with Gasteiger partial charge in [0.05, 0.1) is 11.3 Å². The number of hydrogen-bond acceptors (Lipinski definition) is 3. The number of amides is 1. The molecule has 2 aromatic carbocycles. The summed E-state index contributed by atoms with van der Waals surface area (Å²) in [5.41, 5.74) is 2.05. The first-order valence-electron chi connectivity index (χ1n) is 9.60. The summed E-state index contributed by atoms with van der Waals surface area (Å²) < 4.78 is 27.4. The van der Waals surface area contributed by atoms with Crippen molar-refractivity contribution >= 4 is 15.9 Å². The molecule has 0 spiro atoms. The van der Waals surface area contributed by atoms with Gasteiger partial charge in [-0.25, -0.2) is 8.42 Å². The third kappa shape index (κ3) is 4.62. The third-order valence-corrected chi connectivity index (χ3v) is 7.06. The molecule has 6 heteroatoms. The summed E-state index contributed by atoms with van der Waals surface area (Å²) in [7, 11) is -3.54. The molecular formula is C22H28N2O3S. The summed E-state index contributed by atoms with van der Waals surface area (Å²) in [6.07, 6.45) is 0.349. The van der Waals surface area contributed by atoms with Crippen molar-refractivity contribution in [1.82, 2.24) is 9.21 Å². The van der Waals surface area contributed by atoms with Gasteiger partial charge in [0.2, 0.25) is 15.9 Å². The molecule has 0 unspecified atom stereocenters. The fraction of sp³-hybridized carbons (Fsp3) is 0.409. The minimum Gasteiger partial charge on any atom is -0.340 e. The van der Waals surface area contributed by atoms with E-state index in [1.807, 2.05) is 42.5 Å². The van der Waals surface area contributed by atoms with Gasteiger partial charge in [0.25, 0.3) is 0 Å². The Balaban J connectivity index is 1.62. The summed E-state index contributed by atoms with van der Waals surface area (Å²) in [5.74, 6) is 0.0396. The highest BCUT2D eigenvalue weighted by atomic mass is 32.2. The molecule has 1 heterocycles. The highest BCUT2D eigenvalue weighted by Crippen LogP contribution is 2.25. The van der Waals surface area contributed by atoms with Gasteiger partial charge in [-0.05, 0) is 28.7 Å². The largest absolute Gasteiger partial charge is 0.340 e. The Kier molecular flexibility index (Phi) is 5.91. The van der Waals surface area contributed by atoms with Crippen LogP contribution in [-0.2, 0) is 26.7 Å². The fourth-order valence-corrected chi connectivity index (χ4v) is 4.76. The van der Waals surface area contributed by atoms with E-state index in [0.29, 0.717) is 37.5 Å². The third-order valence-electron chi connectivity index (χ3n) is 5.15. The van der Waals surface area contributed by atoms with Crippen LogP contribution >= 0.6 is 0 Å². The van der Waals surface area contributed by atoms with Crippen LogP contribution in [0.2, 0.25) is 0 Å². The van der Waals surface area contributed by atoms with Crippen molar-refractivity contribution in [2.45, 2.75) is 37.5 Å². The molecule has 0 atom stereocenters. The lowest BCUT2D eigenvalue weighted by Gasteiger charge is -2.34. The van der Waals surface area contributed by atoms with Crippen LogP contribution in [0.5, 0.6) is 0 Å². The number of hydrogen-bond donors (Lipinski definition) is 0. The molecule has 0 N–H and O–H groups in total. The maximum absolute atomic E-state index is 12.9. The van der Waals surface area contributed by atoms with Crippen LogP contribution in [0.3, 0.4) is 0 Å². The van der Waals surface area contributed by atoms with Crippen LogP contribution < -0.4 is 0 Å². The highest BCUT2D eigenvalue weighted by molar-refractivity contribution is 7.89. The van der Waals surface area contributed by atoms with Crippen LogP contribution in [0.25, 0.3) is 0 Å². The number of benzene rings is 2. The Morgan fingerprint density at radius 2 is 1.46 bits per heavy atom. The zero-order valence-corrected chi connectivity index (χ0v) is 17.6. The molecule has 2 aromatic rings. The second-order valence-corrected chi connectivity index (χ2v) is 10.2. The smallest absolute Gasteiger partial charge is 0.243 e.